The number of benzene rings is 1. The third kappa shape index (κ3) is 9.05. The maximum Gasteiger partial charge on any atom is 0.279 e. The molecule has 1 aliphatic carbocycles. The molecular weight excluding hydrogens is 538 g/mol. The van der Waals surface area contributed by atoms with Gasteiger partial charge in [-0.3, -0.25) is 14.6 Å². The zero-order valence-corrected chi connectivity index (χ0v) is 23.7. The highest BCUT2D eigenvalue weighted by Crippen LogP contribution is 2.35. The molecule has 0 saturated heterocycles. The fourth-order valence-corrected chi connectivity index (χ4v) is 4.30. The first-order chi connectivity index (χ1) is 18.8. The summed E-state index contributed by atoms with van der Waals surface area (Å²) in [5.41, 5.74) is 0.555. The number of amides is 2. The highest BCUT2D eigenvalue weighted by molar-refractivity contribution is 7.14. The first-order valence-electron chi connectivity index (χ1n) is 12.7. The molecule has 2 aromatic heterocycles. The minimum atomic E-state index is -0.318. The van der Waals surface area contributed by atoms with Crippen LogP contribution in [0.25, 0.3) is 6.08 Å². The summed E-state index contributed by atoms with van der Waals surface area (Å²) in [4.78, 5) is 36.3. The Hall–Kier alpha value is -3.47. The molecule has 0 spiro atoms. The van der Waals surface area contributed by atoms with Gasteiger partial charge in [0.25, 0.3) is 17.0 Å². The van der Waals surface area contributed by atoms with Gasteiger partial charge in [0.2, 0.25) is 0 Å². The Morgan fingerprint density at radius 3 is 2.77 bits per heavy atom. The molecule has 9 nitrogen and oxygen atoms in total. The van der Waals surface area contributed by atoms with Crippen molar-refractivity contribution in [3.63, 3.8) is 0 Å². The molecule has 2 amide bonds. The number of pyridine rings is 1. The lowest BCUT2D eigenvalue weighted by Crippen LogP contribution is -2.33. The fourth-order valence-electron chi connectivity index (χ4n) is 3.40. The lowest BCUT2D eigenvalue weighted by Gasteiger charge is -2.11. The molecule has 4 rings (SSSR count). The Morgan fingerprint density at radius 1 is 1.21 bits per heavy atom. The number of hydrogen-bond donors (Lipinski definition) is 2. The molecule has 0 radical (unpaired) electrons. The second-order valence-corrected chi connectivity index (χ2v) is 11.0. The van der Waals surface area contributed by atoms with E-state index in [0.717, 1.165) is 17.2 Å². The van der Waals surface area contributed by atoms with Crippen LogP contribution in [0.3, 0.4) is 0 Å². The predicted molar refractivity (Wildman–Crippen MR) is 153 cm³/mol. The van der Waals surface area contributed by atoms with Crippen molar-refractivity contribution in [3.05, 3.63) is 70.0 Å². The highest BCUT2D eigenvalue weighted by Gasteiger charge is 2.22. The van der Waals surface area contributed by atoms with Crippen molar-refractivity contribution >= 4 is 40.8 Å². The van der Waals surface area contributed by atoms with E-state index in [-0.39, 0.29) is 23.6 Å². The molecule has 1 saturated carbocycles. The quantitative estimate of drug-likeness (QED) is 0.302. The predicted octanol–water partition coefficient (Wildman–Crippen LogP) is 4.90. The number of thiazole rings is 1. The molecule has 2 N–H and O–H groups in total. The monoisotopic (exact) mass is 569 g/mol. The highest BCUT2D eigenvalue weighted by atomic mass is 35.5. The summed E-state index contributed by atoms with van der Waals surface area (Å²) in [6.45, 7) is 3.77. The number of nitrogens with one attached hydrogen (secondary N) is 2. The zero-order chi connectivity index (χ0) is 27.8. The number of aromatic nitrogens is 2. The second kappa shape index (κ2) is 13.5. The van der Waals surface area contributed by atoms with E-state index in [4.69, 9.17) is 21.1 Å². The Labute approximate surface area is 237 Å². The van der Waals surface area contributed by atoms with E-state index in [0.29, 0.717) is 40.5 Å². The van der Waals surface area contributed by atoms with Crippen molar-refractivity contribution in [1.29, 1.82) is 0 Å². The van der Waals surface area contributed by atoms with Crippen LogP contribution in [0.2, 0.25) is 5.02 Å². The average molecular weight is 570 g/mol. The molecule has 1 aromatic carbocycles. The van der Waals surface area contributed by atoms with E-state index in [1.807, 2.05) is 44.1 Å². The van der Waals surface area contributed by atoms with E-state index in [2.05, 4.69) is 20.6 Å². The van der Waals surface area contributed by atoms with Crippen molar-refractivity contribution in [1.82, 2.24) is 25.5 Å². The van der Waals surface area contributed by atoms with Crippen molar-refractivity contribution in [2.45, 2.75) is 25.8 Å². The van der Waals surface area contributed by atoms with Crippen LogP contribution in [0.15, 0.2) is 48.8 Å². The number of carbonyl (C=O) groups excluding carboxylic acids is 2. The summed E-state index contributed by atoms with van der Waals surface area (Å²) in [5, 5.41) is 6.61. The second-order valence-electron chi connectivity index (χ2n) is 9.59. The van der Waals surface area contributed by atoms with E-state index < -0.39 is 0 Å². The molecule has 11 heteroatoms. The van der Waals surface area contributed by atoms with Gasteiger partial charge in [-0.25, -0.2) is 4.98 Å². The third-order valence-electron chi connectivity index (χ3n) is 5.79. The van der Waals surface area contributed by atoms with Gasteiger partial charge in [0.1, 0.15) is 17.2 Å². The molecule has 39 heavy (non-hydrogen) atoms. The molecular formula is C28H32ClN5O4S. The number of rotatable bonds is 13. The van der Waals surface area contributed by atoms with Crippen LogP contribution in [0.1, 0.15) is 45.5 Å². The van der Waals surface area contributed by atoms with Crippen LogP contribution in [0.5, 0.6) is 16.7 Å². The standard InChI is InChI=1S/C28H32ClN5O4S/c1-18(33-26(35)20-10-11-30-24(14-20)27(36)31-12-13-34(2)3)4-8-22-16-32-28(39-22)38-25-9-7-21(15-23(25)29)37-17-19-5-6-19/h4,7-11,14-16,18-19H,5-6,12-13,17H2,1-3H3,(H,31,36)(H,33,35)/b8-4+/t18-/m0/s1. The number of nitrogens with zero attached hydrogens (tertiary/aromatic N) is 3. The Balaban J connectivity index is 1.27. The van der Waals surface area contributed by atoms with Crippen molar-refractivity contribution in [3.8, 4) is 16.7 Å². The van der Waals surface area contributed by atoms with Crippen molar-refractivity contribution < 1.29 is 19.1 Å². The molecule has 1 atom stereocenters. The Kier molecular flexibility index (Phi) is 9.91. The minimum Gasteiger partial charge on any atom is -0.493 e. The summed E-state index contributed by atoms with van der Waals surface area (Å²) in [6.07, 6.45) is 9.31. The molecule has 1 aliphatic rings. The number of carbonyl (C=O) groups is 2. The normalized spacial score (nSPS) is 13.9. The smallest absolute Gasteiger partial charge is 0.279 e. The van der Waals surface area contributed by atoms with Crippen LogP contribution < -0.4 is 20.1 Å². The van der Waals surface area contributed by atoms with Crippen LogP contribution in [0, 0.1) is 5.92 Å². The topological polar surface area (TPSA) is 106 Å². The first kappa shape index (κ1) is 28.5. The summed E-state index contributed by atoms with van der Waals surface area (Å²) >= 11 is 7.72. The van der Waals surface area contributed by atoms with Gasteiger partial charge in [0.15, 0.2) is 0 Å². The number of likely N-dealkylation sites (N-methyl/N-ethyl adjacent to an activating group) is 1. The molecule has 2 heterocycles. The maximum absolute atomic E-state index is 12.7. The van der Waals surface area contributed by atoms with E-state index in [1.54, 1.807) is 24.4 Å². The molecule has 1 fully saturated rings. The lowest BCUT2D eigenvalue weighted by atomic mass is 10.2. The van der Waals surface area contributed by atoms with Gasteiger partial charge in [0.05, 0.1) is 16.5 Å². The molecule has 0 unspecified atom stereocenters. The van der Waals surface area contributed by atoms with Crippen LogP contribution in [0.4, 0.5) is 0 Å². The van der Waals surface area contributed by atoms with Gasteiger partial charge >= 0.3 is 0 Å². The summed E-state index contributed by atoms with van der Waals surface area (Å²) in [6, 6.07) is 8.16. The van der Waals surface area contributed by atoms with Crippen LogP contribution in [-0.4, -0.2) is 66.5 Å². The van der Waals surface area contributed by atoms with Gasteiger partial charge in [-0.05, 0) is 70.1 Å². The Morgan fingerprint density at radius 2 is 2.03 bits per heavy atom. The average Bonchev–Trinajstić information content (AvgIpc) is 3.64. The van der Waals surface area contributed by atoms with E-state index in [1.165, 1.54) is 36.4 Å². The van der Waals surface area contributed by atoms with Crippen molar-refractivity contribution in [2.24, 2.45) is 5.92 Å². The van der Waals surface area contributed by atoms with Gasteiger partial charge in [0, 0.05) is 43.2 Å². The van der Waals surface area contributed by atoms with Gasteiger partial charge < -0.3 is 25.0 Å². The maximum atomic E-state index is 12.7. The number of halogens is 1. The molecule has 0 bridgehead atoms. The fraction of sp³-hybridized carbons (Fsp3) is 0.357. The summed E-state index contributed by atoms with van der Waals surface area (Å²) in [5.74, 6) is 1.27. The van der Waals surface area contributed by atoms with Crippen LogP contribution in [-0.2, 0) is 0 Å². The molecule has 206 valence electrons. The lowest BCUT2D eigenvalue weighted by molar-refractivity contribution is 0.0946. The third-order valence-corrected chi connectivity index (χ3v) is 6.93. The minimum absolute atomic E-state index is 0.197. The summed E-state index contributed by atoms with van der Waals surface area (Å²) in [7, 11) is 3.85. The number of hydrogen-bond acceptors (Lipinski definition) is 8. The van der Waals surface area contributed by atoms with E-state index in [9.17, 15) is 9.59 Å². The van der Waals surface area contributed by atoms with Gasteiger partial charge in [-0.15, -0.1) is 0 Å². The van der Waals surface area contributed by atoms with Crippen molar-refractivity contribution in [2.75, 3.05) is 33.8 Å². The van der Waals surface area contributed by atoms with E-state index >= 15 is 0 Å². The largest absolute Gasteiger partial charge is 0.493 e. The van der Waals surface area contributed by atoms with Gasteiger partial charge in [-0.2, -0.15) is 0 Å². The SMILES string of the molecule is C[C@@H](/C=C/c1cnc(Oc2ccc(OCC3CC3)cc2Cl)s1)NC(=O)c1ccnc(C(=O)NCCN(C)C)c1. The number of ether oxygens (including phenoxy) is 2. The van der Waals surface area contributed by atoms with Crippen LogP contribution >= 0.6 is 22.9 Å². The van der Waals surface area contributed by atoms with Gasteiger partial charge in [-0.1, -0.05) is 29.0 Å². The Bertz CT molecular complexity index is 1320. The first-order valence-corrected chi connectivity index (χ1v) is 13.9. The zero-order valence-electron chi connectivity index (χ0n) is 22.1. The summed E-state index contributed by atoms with van der Waals surface area (Å²) < 4.78 is 11.6. The molecule has 3 aromatic rings. The molecule has 0 aliphatic heterocycles.